The Kier molecular flexibility index (Phi) is 4.90. The van der Waals surface area contributed by atoms with Crippen LogP contribution in [0.4, 0.5) is 4.79 Å². The molecule has 0 atom stereocenters. The smallest absolute Gasteiger partial charge is 0.327 e. The number of nitrogens with zero attached hydrogens (tertiary/aromatic N) is 3. The van der Waals surface area contributed by atoms with Crippen molar-refractivity contribution >= 4 is 17.7 Å². The maximum atomic E-state index is 12.9. The van der Waals surface area contributed by atoms with Crippen LogP contribution in [0.2, 0.25) is 0 Å². The number of urea groups is 1. The van der Waals surface area contributed by atoms with Crippen molar-refractivity contribution in [3.63, 3.8) is 0 Å². The highest BCUT2D eigenvalue weighted by Gasteiger charge is 2.44. The summed E-state index contributed by atoms with van der Waals surface area (Å²) in [5.74, 6) is 0.270. The number of hydrogen-bond donors (Lipinski definition) is 0. The number of amides is 3. The molecular formula is C22H25N3O4. The van der Waals surface area contributed by atoms with E-state index >= 15 is 0 Å². The zero-order chi connectivity index (χ0) is 20.7. The first kappa shape index (κ1) is 19.2. The van der Waals surface area contributed by atoms with Gasteiger partial charge in [0.25, 0.3) is 5.91 Å². The molecular weight excluding hydrogens is 370 g/mol. The van der Waals surface area contributed by atoms with Gasteiger partial charge in [-0.05, 0) is 63.9 Å². The summed E-state index contributed by atoms with van der Waals surface area (Å²) in [7, 11) is 0. The standard InChI is InChI=1S/C22H25N3O4/c1-4-29-18-9-7-17(8-10-18)25-14(2)11-19(15(25)3)20(26)12-24-21(27)13-23(22(24)28)16-5-6-16/h7-11,16H,4-6,12-13H2,1-3H3. The molecule has 2 aromatic rings. The van der Waals surface area contributed by atoms with Crippen molar-refractivity contribution in [1.82, 2.24) is 14.4 Å². The molecule has 152 valence electrons. The van der Waals surface area contributed by atoms with Crippen molar-refractivity contribution in [1.29, 1.82) is 0 Å². The van der Waals surface area contributed by atoms with E-state index in [0.29, 0.717) is 12.2 Å². The van der Waals surface area contributed by atoms with E-state index in [-0.39, 0.29) is 36.9 Å². The lowest BCUT2D eigenvalue weighted by molar-refractivity contribution is -0.125. The van der Waals surface area contributed by atoms with Crippen molar-refractivity contribution in [3.8, 4) is 11.4 Å². The van der Waals surface area contributed by atoms with Crippen LogP contribution in [-0.4, -0.2) is 57.8 Å². The molecule has 3 amide bonds. The summed E-state index contributed by atoms with van der Waals surface area (Å²) in [5.41, 5.74) is 3.15. The molecule has 0 unspecified atom stereocenters. The van der Waals surface area contributed by atoms with Gasteiger partial charge in [0, 0.05) is 28.7 Å². The average molecular weight is 395 g/mol. The third-order valence-electron chi connectivity index (χ3n) is 5.51. The van der Waals surface area contributed by atoms with Gasteiger partial charge >= 0.3 is 6.03 Å². The average Bonchev–Trinajstić information content (AvgIpc) is 3.44. The van der Waals surface area contributed by atoms with Crippen LogP contribution in [0.5, 0.6) is 5.75 Å². The SMILES string of the molecule is CCOc1ccc(-n2c(C)cc(C(=O)CN3C(=O)CN(C4CC4)C3=O)c2C)cc1. The second kappa shape index (κ2) is 7.39. The van der Waals surface area contributed by atoms with E-state index in [9.17, 15) is 14.4 Å². The van der Waals surface area contributed by atoms with Crippen molar-refractivity contribution in [3.05, 3.63) is 47.3 Å². The van der Waals surface area contributed by atoms with Gasteiger partial charge in [0.1, 0.15) is 12.3 Å². The largest absolute Gasteiger partial charge is 0.494 e. The van der Waals surface area contributed by atoms with Crippen LogP contribution in [-0.2, 0) is 4.79 Å². The minimum atomic E-state index is -0.342. The van der Waals surface area contributed by atoms with Crippen molar-refractivity contribution in [2.24, 2.45) is 0 Å². The number of hydrogen-bond acceptors (Lipinski definition) is 4. The van der Waals surface area contributed by atoms with E-state index in [2.05, 4.69) is 0 Å². The van der Waals surface area contributed by atoms with E-state index in [1.807, 2.05) is 55.7 Å². The Morgan fingerprint density at radius 2 is 1.83 bits per heavy atom. The monoisotopic (exact) mass is 395 g/mol. The minimum absolute atomic E-state index is 0.0853. The number of ketones is 1. The molecule has 1 saturated heterocycles. The zero-order valence-electron chi connectivity index (χ0n) is 17.0. The van der Waals surface area contributed by atoms with E-state index < -0.39 is 0 Å². The zero-order valence-corrected chi connectivity index (χ0v) is 17.0. The van der Waals surface area contributed by atoms with Gasteiger partial charge in [-0.25, -0.2) is 4.79 Å². The van der Waals surface area contributed by atoms with Gasteiger partial charge in [0.15, 0.2) is 5.78 Å². The van der Waals surface area contributed by atoms with Gasteiger partial charge in [-0.15, -0.1) is 0 Å². The normalized spacial score (nSPS) is 16.7. The number of rotatable bonds is 7. The van der Waals surface area contributed by atoms with Crippen LogP contribution in [0.1, 0.15) is 41.5 Å². The Morgan fingerprint density at radius 3 is 2.45 bits per heavy atom. The van der Waals surface area contributed by atoms with Crippen LogP contribution in [0.3, 0.4) is 0 Å². The number of carbonyl (C=O) groups is 3. The van der Waals surface area contributed by atoms with Gasteiger partial charge in [0.05, 0.1) is 13.2 Å². The van der Waals surface area contributed by atoms with Gasteiger partial charge in [-0.3, -0.25) is 14.5 Å². The molecule has 4 rings (SSSR count). The number of Topliss-reactive ketones (excluding diaryl/α,β-unsaturated/α-hetero) is 1. The summed E-state index contributed by atoms with van der Waals surface area (Å²) in [6.45, 7) is 6.22. The Hall–Kier alpha value is -3.09. The number of imide groups is 1. The Labute approximate surface area is 169 Å². The first-order chi connectivity index (χ1) is 13.9. The molecule has 0 N–H and O–H groups in total. The molecule has 0 bridgehead atoms. The predicted octanol–water partition coefficient (Wildman–Crippen LogP) is 3.10. The quantitative estimate of drug-likeness (QED) is 0.533. The number of ether oxygens (including phenoxy) is 1. The second-order valence-corrected chi connectivity index (χ2v) is 7.59. The summed E-state index contributed by atoms with van der Waals surface area (Å²) in [6.07, 6.45) is 1.87. The van der Waals surface area contributed by atoms with Gasteiger partial charge in [-0.1, -0.05) is 0 Å². The molecule has 0 radical (unpaired) electrons. The highest BCUT2D eigenvalue weighted by molar-refractivity contribution is 6.08. The molecule has 2 heterocycles. The Balaban J connectivity index is 1.54. The highest BCUT2D eigenvalue weighted by atomic mass is 16.5. The summed E-state index contributed by atoms with van der Waals surface area (Å²) in [5, 5.41) is 0. The second-order valence-electron chi connectivity index (χ2n) is 7.59. The molecule has 29 heavy (non-hydrogen) atoms. The number of aromatic nitrogens is 1. The van der Waals surface area contributed by atoms with E-state index in [4.69, 9.17) is 4.74 Å². The highest BCUT2D eigenvalue weighted by Crippen LogP contribution is 2.30. The first-order valence-electron chi connectivity index (χ1n) is 9.97. The summed E-state index contributed by atoms with van der Waals surface area (Å²) >= 11 is 0. The maximum absolute atomic E-state index is 12.9. The maximum Gasteiger partial charge on any atom is 0.327 e. The number of carbonyl (C=O) groups excluding carboxylic acids is 3. The summed E-state index contributed by atoms with van der Waals surface area (Å²) < 4.78 is 7.48. The van der Waals surface area contributed by atoms with Gasteiger partial charge in [-0.2, -0.15) is 0 Å². The molecule has 7 nitrogen and oxygen atoms in total. The van der Waals surface area contributed by atoms with Crippen LogP contribution >= 0.6 is 0 Å². The molecule has 1 aromatic heterocycles. The summed E-state index contributed by atoms with van der Waals surface area (Å²) in [4.78, 5) is 40.4. The molecule has 7 heteroatoms. The molecule has 1 aliphatic carbocycles. The van der Waals surface area contributed by atoms with Crippen LogP contribution in [0, 0.1) is 13.8 Å². The van der Waals surface area contributed by atoms with Crippen LogP contribution in [0.15, 0.2) is 30.3 Å². The fourth-order valence-corrected chi connectivity index (χ4v) is 3.92. The fraction of sp³-hybridized carbons (Fsp3) is 0.409. The van der Waals surface area contributed by atoms with E-state index in [1.54, 1.807) is 4.90 Å². The molecule has 2 fully saturated rings. The molecule has 1 aliphatic heterocycles. The topological polar surface area (TPSA) is 71.8 Å². The third-order valence-corrected chi connectivity index (χ3v) is 5.51. The van der Waals surface area contributed by atoms with Crippen molar-refractivity contribution < 1.29 is 19.1 Å². The minimum Gasteiger partial charge on any atom is -0.494 e. The lowest BCUT2D eigenvalue weighted by Crippen LogP contribution is -2.37. The lowest BCUT2D eigenvalue weighted by Gasteiger charge is -2.16. The molecule has 1 aromatic carbocycles. The lowest BCUT2D eigenvalue weighted by atomic mass is 10.1. The predicted molar refractivity (Wildman–Crippen MR) is 108 cm³/mol. The number of aryl methyl sites for hydroxylation is 1. The number of benzene rings is 1. The Bertz CT molecular complexity index is 973. The van der Waals surface area contributed by atoms with Crippen molar-refractivity contribution in [2.75, 3.05) is 19.7 Å². The van der Waals surface area contributed by atoms with Gasteiger partial charge in [0.2, 0.25) is 0 Å². The molecule has 2 aliphatic rings. The van der Waals surface area contributed by atoms with Crippen molar-refractivity contribution in [2.45, 2.75) is 39.7 Å². The van der Waals surface area contributed by atoms with Gasteiger partial charge < -0.3 is 14.2 Å². The molecule has 1 saturated carbocycles. The fourth-order valence-electron chi connectivity index (χ4n) is 3.92. The first-order valence-corrected chi connectivity index (χ1v) is 9.97. The third kappa shape index (κ3) is 3.52. The Morgan fingerprint density at radius 1 is 1.14 bits per heavy atom. The molecule has 0 spiro atoms. The van der Waals surface area contributed by atoms with E-state index in [1.165, 1.54) is 0 Å². The van der Waals surface area contributed by atoms with Crippen LogP contribution < -0.4 is 4.74 Å². The summed E-state index contributed by atoms with van der Waals surface area (Å²) in [6, 6.07) is 9.32. The van der Waals surface area contributed by atoms with E-state index in [0.717, 1.165) is 40.6 Å². The van der Waals surface area contributed by atoms with Crippen LogP contribution in [0.25, 0.3) is 5.69 Å².